The molecule has 3 aromatic rings. The molecule has 0 fully saturated rings. The fourth-order valence-corrected chi connectivity index (χ4v) is 3.76. The van der Waals surface area contributed by atoms with Crippen molar-refractivity contribution in [3.8, 4) is 17.1 Å². The van der Waals surface area contributed by atoms with Crippen LogP contribution in [0.1, 0.15) is 12.5 Å². The second kappa shape index (κ2) is 9.61. The minimum atomic E-state index is -0.0885. The molecule has 0 unspecified atom stereocenters. The summed E-state index contributed by atoms with van der Waals surface area (Å²) in [6.07, 6.45) is 0. The summed E-state index contributed by atoms with van der Waals surface area (Å²) in [6, 6.07) is 15.1. The van der Waals surface area contributed by atoms with Crippen LogP contribution in [0.4, 0.5) is 0 Å². The average molecular weight is 417 g/mol. The van der Waals surface area contributed by atoms with Gasteiger partial charge >= 0.3 is 0 Å². The van der Waals surface area contributed by atoms with Crippen LogP contribution >= 0.6 is 23.4 Å². The van der Waals surface area contributed by atoms with Crippen LogP contribution in [0.25, 0.3) is 11.4 Å². The largest absolute Gasteiger partial charge is 0.496 e. The molecule has 3 rings (SSSR count). The fraction of sp³-hybridized carbons (Fsp3) is 0.250. The molecule has 146 valence electrons. The summed E-state index contributed by atoms with van der Waals surface area (Å²) in [5, 5.41) is 12.8. The van der Waals surface area contributed by atoms with Crippen LogP contribution in [0.5, 0.6) is 5.75 Å². The molecule has 6 nitrogen and oxygen atoms in total. The van der Waals surface area contributed by atoms with Gasteiger partial charge < -0.3 is 14.6 Å². The van der Waals surface area contributed by atoms with E-state index in [1.165, 1.54) is 11.8 Å². The van der Waals surface area contributed by atoms with Gasteiger partial charge in [0, 0.05) is 18.1 Å². The summed E-state index contributed by atoms with van der Waals surface area (Å²) in [6.45, 7) is 3.10. The van der Waals surface area contributed by atoms with Gasteiger partial charge in [-0.3, -0.25) is 4.79 Å². The van der Waals surface area contributed by atoms with Crippen LogP contribution in [0.3, 0.4) is 0 Å². The molecule has 0 radical (unpaired) electrons. The number of para-hydroxylation sites is 1. The highest BCUT2D eigenvalue weighted by molar-refractivity contribution is 7.99. The lowest BCUT2D eigenvalue weighted by Gasteiger charge is -2.10. The van der Waals surface area contributed by atoms with Crippen LogP contribution in [-0.2, 0) is 17.9 Å². The van der Waals surface area contributed by atoms with Gasteiger partial charge in [0.1, 0.15) is 5.75 Å². The fourth-order valence-electron chi connectivity index (χ4n) is 2.73. The van der Waals surface area contributed by atoms with E-state index in [-0.39, 0.29) is 11.7 Å². The van der Waals surface area contributed by atoms with Gasteiger partial charge in [0.25, 0.3) is 0 Å². The van der Waals surface area contributed by atoms with E-state index in [0.29, 0.717) is 23.3 Å². The molecular formula is C20H21ClN4O2S. The smallest absolute Gasteiger partial charge is 0.230 e. The number of rotatable bonds is 8. The van der Waals surface area contributed by atoms with E-state index in [2.05, 4.69) is 15.5 Å². The summed E-state index contributed by atoms with van der Waals surface area (Å²) in [7, 11) is 1.63. The quantitative estimate of drug-likeness (QED) is 0.561. The Bertz CT molecular complexity index is 961. The van der Waals surface area contributed by atoms with Gasteiger partial charge in [-0.1, -0.05) is 53.7 Å². The van der Waals surface area contributed by atoms with Crippen LogP contribution < -0.4 is 10.1 Å². The van der Waals surface area contributed by atoms with Crippen LogP contribution in [0, 0.1) is 0 Å². The zero-order valence-electron chi connectivity index (χ0n) is 15.7. The molecule has 0 aliphatic carbocycles. The first-order valence-corrected chi connectivity index (χ1v) is 10.2. The van der Waals surface area contributed by atoms with Gasteiger partial charge in [-0.05, 0) is 30.7 Å². The number of nitrogens with zero attached hydrogens (tertiary/aromatic N) is 3. The van der Waals surface area contributed by atoms with Gasteiger partial charge in [0.15, 0.2) is 11.0 Å². The van der Waals surface area contributed by atoms with Crippen molar-refractivity contribution >= 4 is 29.3 Å². The summed E-state index contributed by atoms with van der Waals surface area (Å²) >= 11 is 7.47. The number of carbonyl (C=O) groups excluding carboxylic acids is 1. The molecule has 1 aromatic heterocycles. The molecule has 2 aromatic carbocycles. The molecule has 1 heterocycles. The molecule has 0 aliphatic rings. The number of amides is 1. The summed E-state index contributed by atoms with van der Waals surface area (Å²) < 4.78 is 7.40. The first-order chi connectivity index (χ1) is 13.6. The molecule has 0 saturated heterocycles. The number of ether oxygens (including phenoxy) is 1. The van der Waals surface area contributed by atoms with Crippen molar-refractivity contribution in [1.29, 1.82) is 0 Å². The number of hydrogen-bond acceptors (Lipinski definition) is 5. The van der Waals surface area contributed by atoms with E-state index in [4.69, 9.17) is 16.3 Å². The first-order valence-electron chi connectivity index (χ1n) is 8.83. The molecule has 0 aliphatic heterocycles. The zero-order valence-corrected chi connectivity index (χ0v) is 17.3. The third-order valence-electron chi connectivity index (χ3n) is 4.15. The number of nitrogens with one attached hydrogen (secondary N) is 1. The number of benzene rings is 2. The second-order valence-corrected chi connectivity index (χ2v) is 7.26. The molecule has 0 spiro atoms. The third kappa shape index (κ3) is 4.66. The lowest BCUT2D eigenvalue weighted by Crippen LogP contribution is -2.24. The van der Waals surface area contributed by atoms with E-state index >= 15 is 0 Å². The predicted octanol–water partition coefficient (Wildman–Crippen LogP) is 4.04. The highest BCUT2D eigenvalue weighted by atomic mass is 35.5. The zero-order chi connectivity index (χ0) is 19.9. The monoisotopic (exact) mass is 416 g/mol. The highest BCUT2D eigenvalue weighted by Crippen LogP contribution is 2.30. The predicted molar refractivity (Wildman–Crippen MR) is 112 cm³/mol. The van der Waals surface area contributed by atoms with Gasteiger partial charge in [0.2, 0.25) is 5.91 Å². The van der Waals surface area contributed by atoms with Crippen LogP contribution in [0.15, 0.2) is 53.7 Å². The van der Waals surface area contributed by atoms with E-state index in [1.54, 1.807) is 13.2 Å². The van der Waals surface area contributed by atoms with E-state index in [9.17, 15) is 4.79 Å². The number of aromatic nitrogens is 3. The van der Waals surface area contributed by atoms with Crippen molar-refractivity contribution in [2.24, 2.45) is 0 Å². The maximum Gasteiger partial charge on any atom is 0.230 e. The maximum absolute atomic E-state index is 12.2. The van der Waals surface area contributed by atoms with Crippen molar-refractivity contribution < 1.29 is 9.53 Å². The Balaban J connectivity index is 1.66. The number of methoxy groups -OCH3 is 1. The van der Waals surface area contributed by atoms with E-state index < -0.39 is 0 Å². The summed E-state index contributed by atoms with van der Waals surface area (Å²) in [5.74, 6) is 1.61. The molecule has 0 bridgehead atoms. The SMILES string of the molecule is CCn1c(SCC(=O)NCc2ccccc2Cl)nnc1-c1ccccc1OC. The molecule has 28 heavy (non-hydrogen) atoms. The Morgan fingerprint density at radius 1 is 1.18 bits per heavy atom. The van der Waals surface area contributed by atoms with Crippen LogP contribution in [-0.4, -0.2) is 33.5 Å². The van der Waals surface area contributed by atoms with Gasteiger partial charge in [-0.2, -0.15) is 0 Å². The van der Waals surface area contributed by atoms with Gasteiger partial charge in [-0.25, -0.2) is 0 Å². The normalized spacial score (nSPS) is 10.7. The minimum Gasteiger partial charge on any atom is -0.496 e. The Hall–Kier alpha value is -2.51. The molecule has 0 atom stereocenters. The molecule has 1 N–H and O–H groups in total. The lowest BCUT2D eigenvalue weighted by molar-refractivity contribution is -0.118. The van der Waals surface area contributed by atoms with E-state index in [1.807, 2.05) is 54.0 Å². The first kappa shape index (κ1) is 20.2. The van der Waals surface area contributed by atoms with Crippen molar-refractivity contribution in [1.82, 2.24) is 20.1 Å². The Kier molecular flexibility index (Phi) is 6.95. The number of thioether (sulfide) groups is 1. The van der Waals surface area contributed by atoms with E-state index in [0.717, 1.165) is 22.7 Å². The van der Waals surface area contributed by atoms with Gasteiger partial charge in [0.05, 0.1) is 18.4 Å². The van der Waals surface area contributed by atoms with Gasteiger partial charge in [-0.15, -0.1) is 10.2 Å². The van der Waals surface area contributed by atoms with Crippen molar-refractivity contribution in [3.05, 3.63) is 59.1 Å². The number of hydrogen-bond donors (Lipinski definition) is 1. The third-order valence-corrected chi connectivity index (χ3v) is 5.48. The Morgan fingerprint density at radius 2 is 1.93 bits per heavy atom. The Labute approximate surface area is 173 Å². The summed E-state index contributed by atoms with van der Waals surface area (Å²) in [5.41, 5.74) is 1.76. The summed E-state index contributed by atoms with van der Waals surface area (Å²) in [4.78, 5) is 12.2. The average Bonchev–Trinajstić information content (AvgIpc) is 3.14. The molecular weight excluding hydrogens is 396 g/mol. The standard InChI is InChI=1S/C20H21ClN4O2S/c1-3-25-19(15-9-5-7-11-17(15)27-2)23-24-20(25)28-13-18(26)22-12-14-8-4-6-10-16(14)21/h4-11H,3,12-13H2,1-2H3,(H,22,26). The van der Waals surface area contributed by atoms with Crippen LogP contribution in [0.2, 0.25) is 5.02 Å². The van der Waals surface area contributed by atoms with Crippen molar-refractivity contribution in [2.75, 3.05) is 12.9 Å². The minimum absolute atomic E-state index is 0.0885. The molecule has 0 saturated carbocycles. The highest BCUT2D eigenvalue weighted by Gasteiger charge is 2.17. The Morgan fingerprint density at radius 3 is 2.68 bits per heavy atom. The lowest BCUT2D eigenvalue weighted by atomic mass is 10.2. The number of halogens is 1. The van der Waals surface area contributed by atoms with Crippen molar-refractivity contribution in [2.45, 2.75) is 25.2 Å². The molecule has 8 heteroatoms. The molecule has 1 amide bonds. The number of carbonyl (C=O) groups is 1. The topological polar surface area (TPSA) is 69.0 Å². The van der Waals surface area contributed by atoms with Crippen molar-refractivity contribution in [3.63, 3.8) is 0 Å². The second-order valence-electron chi connectivity index (χ2n) is 5.91. The maximum atomic E-state index is 12.2.